The van der Waals surface area contributed by atoms with E-state index in [1.165, 1.54) is 16.5 Å². The van der Waals surface area contributed by atoms with Gasteiger partial charge >= 0.3 is 6.03 Å². The lowest BCUT2D eigenvalue weighted by Crippen LogP contribution is -2.49. The van der Waals surface area contributed by atoms with Crippen molar-refractivity contribution >= 4 is 34.1 Å². The van der Waals surface area contributed by atoms with E-state index in [4.69, 9.17) is 11.6 Å². The van der Waals surface area contributed by atoms with Gasteiger partial charge in [-0.25, -0.2) is 4.79 Å². The first kappa shape index (κ1) is 20.5. The number of rotatable bonds is 6. The molecular formula is C24H27ClN4O. The first-order valence-corrected chi connectivity index (χ1v) is 10.8. The first-order valence-electron chi connectivity index (χ1n) is 10.4. The van der Waals surface area contributed by atoms with Gasteiger partial charge in [0.2, 0.25) is 0 Å². The molecule has 3 aromatic rings. The fraction of sp³-hybridized carbons (Fsp3) is 0.292. The Bertz CT molecular complexity index is 979. The van der Waals surface area contributed by atoms with Crippen LogP contribution >= 0.6 is 11.6 Å². The number of fused-ring (bicyclic) bond motifs is 1. The average molecular weight is 423 g/mol. The maximum atomic E-state index is 12.2. The van der Waals surface area contributed by atoms with Crippen LogP contribution in [0.1, 0.15) is 5.56 Å². The number of carbonyl (C=O) groups is 1. The molecule has 0 atom stereocenters. The lowest BCUT2D eigenvalue weighted by molar-refractivity contribution is 0.232. The number of piperazine rings is 1. The SMILES string of the molecule is O=C(NCCN1CCN(c2ccc(Cl)cc2)CC1)NCc1cccc2ccccc12. The van der Waals surface area contributed by atoms with Gasteiger partial charge in [0.05, 0.1) is 0 Å². The van der Waals surface area contributed by atoms with Crippen molar-refractivity contribution in [3.63, 3.8) is 0 Å². The Morgan fingerprint density at radius 3 is 2.40 bits per heavy atom. The zero-order valence-corrected chi connectivity index (χ0v) is 17.7. The Morgan fingerprint density at radius 2 is 1.60 bits per heavy atom. The topological polar surface area (TPSA) is 47.6 Å². The molecule has 4 rings (SSSR count). The van der Waals surface area contributed by atoms with Crippen LogP contribution in [0.5, 0.6) is 0 Å². The summed E-state index contributed by atoms with van der Waals surface area (Å²) in [5, 5.41) is 9.09. The highest BCUT2D eigenvalue weighted by atomic mass is 35.5. The predicted octanol–water partition coefficient (Wildman–Crippen LogP) is 4.11. The number of hydrogen-bond acceptors (Lipinski definition) is 3. The van der Waals surface area contributed by atoms with Gasteiger partial charge in [-0.3, -0.25) is 4.90 Å². The van der Waals surface area contributed by atoms with Crippen LogP contribution in [0, 0.1) is 0 Å². The van der Waals surface area contributed by atoms with E-state index in [0.717, 1.165) is 43.3 Å². The molecule has 3 aromatic carbocycles. The summed E-state index contributed by atoms with van der Waals surface area (Å²) in [5.41, 5.74) is 2.34. The number of nitrogens with one attached hydrogen (secondary N) is 2. The number of carbonyl (C=O) groups excluding carboxylic acids is 1. The summed E-state index contributed by atoms with van der Waals surface area (Å²) >= 11 is 5.97. The summed E-state index contributed by atoms with van der Waals surface area (Å²) in [4.78, 5) is 17.0. The molecule has 1 heterocycles. The Labute approximate surface area is 182 Å². The molecule has 5 nitrogen and oxygen atoms in total. The molecule has 2 N–H and O–H groups in total. The number of amides is 2. The molecule has 0 bridgehead atoms. The highest BCUT2D eigenvalue weighted by molar-refractivity contribution is 6.30. The molecule has 30 heavy (non-hydrogen) atoms. The highest BCUT2D eigenvalue weighted by Crippen LogP contribution is 2.19. The van der Waals surface area contributed by atoms with Crippen LogP contribution in [-0.2, 0) is 6.54 Å². The summed E-state index contributed by atoms with van der Waals surface area (Å²) in [5.74, 6) is 0. The average Bonchev–Trinajstić information content (AvgIpc) is 2.79. The molecule has 6 heteroatoms. The van der Waals surface area contributed by atoms with Gasteiger partial charge in [0.25, 0.3) is 0 Å². The van der Waals surface area contributed by atoms with Crippen molar-refractivity contribution in [1.29, 1.82) is 0 Å². The highest BCUT2D eigenvalue weighted by Gasteiger charge is 2.17. The number of urea groups is 1. The van der Waals surface area contributed by atoms with Crippen molar-refractivity contribution in [2.24, 2.45) is 0 Å². The lowest BCUT2D eigenvalue weighted by Gasteiger charge is -2.36. The van der Waals surface area contributed by atoms with E-state index in [1.807, 2.05) is 30.3 Å². The standard InChI is InChI=1S/C24H27ClN4O/c25-21-8-10-22(11-9-21)29-16-14-28(15-17-29)13-12-26-24(30)27-18-20-6-3-5-19-4-1-2-7-23(19)20/h1-11H,12-18H2,(H2,26,27,30). The number of halogens is 1. The largest absolute Gasteiger partial charge is 0.369 e. The molecule has 0 aliphatic carbocycles. The van der Waals surface area contributed by atoms with Crippen LogP contribution in [0.4, 0.5) is 10.5 Å². The molecule has 1 saturated heterocycles. The molecule has 0 unspecified atom stereocenters. The zero-order valence-electron chi connectivity index (χ0n) is 17.0. The van der Waals surface area contributed by atoms with E-state index in [2.05, 4.69) is 56.8 Å². The van der Waals surface area contributed by atoms with E-state index in [9.17, 15) is 4.79 Å². The fourth-order valence-electron chi connectivity index (χ4n) is 3.89. The van der Waals surface area contributed by atoms with Gasteiger partial charge in [-0.15, -0.1) is 0 Å². The second kappa shape index (κ2) is 9.83. The monoisotopic (exact) mass is 422 g/mol. The van der Waals surface area contributed by atoms with Crippen LogP contribution in [0.15, 0.2) is 66.7 Å². The van der Waals surface area contributed by atoms with Gasteiger partial charge < -0.3 is 15.5 Å². The number of nitrogens with zero attached hydrogens (tertiary/aromatic N) is 2. The number of anilines is 1. The van der Waals surface area contributed by atoms with Crippen LogP contribution < -0.4 is 15.5 Å². The molecule has 1 aliphatic rings. The maximum absolute atomic E-state index is 12.2. The maximum Gasteiger partial charge on any atom is 0.315 e. The van der Waals surface area contributed by atoms with Crippen LogP contribution in [0.3, 0.4) is 0 Å². The lowest BCUT2D eigenvalue weighted by atomic mass is 10.0. The Balaban J connectivity index is 1.17. The summed E-state index contributed by atoms with van der Waals surface area (Å²) < 4.78 is 0. The van der Waals surface area contributed by atoms with Gasteiger partial charge in [-0.05, 0) is 40.6 Å². The normalized spacial score (nSPS) is 14.6. The van der Waals surface area contributed by atoms with Crippen molar-refractivity contribution in [3.8, 4) is 0 Å². The van der Waals surface area contributed by atoms with E-state index >= 15 is 0 Å². The fourth-order valence-corrected chi connectivity index (χ4v) is 4.02. The Morgan fingerprint density at radius 1 is 0.867 bits per heavy atom. The number of benzene rings is 3. The Kier molecular flexibility index (Phi) is 6.72. The van der Waals surface area contributed by atoms with Gasteiger partial charge in [-0.1, -0.05) is 54.1 Å². The van der Waals surface area contributed by atoms with Crippen molar-refractivity contribution in [1.82, 2.24) is 15.5 Å². The minimum absolute atomic E-state index is 0.122. The smallest absolute Gasteiger partial charge is 0.315 e. The van der Waals surface area contributed by atoms with E-state index in [1.54, 1.807) is 0 Å². The third-order valence-electron chi connectivity index (χ3n) is 5.60. The summed E-state index contributed by atoms with van der Waals surface area (Å²) in [6.45, 7) is 5.96. The van der Waals surface area contributed by atoms with E-state index in [0.29, 0.717) is 13.1 Å². The van der Waals surface area contributed by atoms with Gasteiger partial charge in [-0.2, -0.15) is 0 Å². The summed E-state index contributed by atoms with van der Waals surface area (Å²) in [6.07, 6.45) is 0. The minimum atomic E-state index is -0.122. The predicted molar refractivity (Wildman–Crippen MR) is 124 cm³/mol. The van der Waals surface area contributed by atoms with Crippen molar-refractivity contribution < 1.29 is 4.79 Å². The summed E-state index contributed by atoms with van der Waals surface area (Å²) in [7, 11) is 0. The molecule has 1 fully saturated rings. The van der Waals surface area contributed by atoms with Crippen molar-refractivity contribution in [2.75, 3.05) is 44.2 Å². The molecular weight excluding hydrogens is 396 g/mol. The second-order valence-electron chi connectivity index (χ2n) is 7.55. The van der Waals surface area contributed by atoms with Crippen molar-refractivity contribution in [2.45, 2.75) is 6.54 Å². The quantitative estimate of drug-likeness (QED) is 0.628. The molecule has 2 amide bonds. The molecule has 0 spiro atoms. The molecule has 156 valence electrons. The van der Waals surface area contributed by atoms with Crippen LogP contribution in [-0.4, -0.2) is 50.2 Å². The molecule has 0 aromatic heterocycles. The molecule has 0 saturated carbocycles. The molecule has 1 aliphatic heterocycles. The summed E-state index contributed by atoms with van der Waals surface area (Å²) in [6, 6.07) is 22.3. The van der Waals surface area contributed by atoms with E-state index < -0.39 is 0 Å². The Hall–Kier alpha value is -2.76. The van der Waals surface area contributed by atoms with Gasteiger partial charge in [0.15, 0.2) is 0 Å². The second-order valence-corrected chi connectivity index (χ2v) is 7.99. The number of hydrogen-bond donors (Lipinski definition) is 2. The minimum Gasteiger partial charge on any atom is -0.369 e. The van der Waals surface area contributed by atoms with Crippen LogP contribution in [0.2, 0.25) is 5.02 Å². The third-order valence-corrected chi connectivity index (χ3v) is 5.85. The third kappa shape index (κ3) is 5.23. The van der Waals surface area contributed by atoms with Crippen LogP contribution in [0.25, 0.3) is 10.8 Å². The first-order chi connectivity index (χ1) is 14.7. The van der Waals surface area contributed by atoms with E-state index in [-0.39, 0.29) is 6.03 Å². The van der Waals surface area contributed by atoms with Gasteiger partial charge in [0, 0.05) is 56.5 Å². The molecule has 0 radical (unpaired) electrons. The van der Waals surface area contributed by atoms with Crippen molar-refractivity contribution in [3.05, 3.63) is 77.3 Å². The zero-order chi connectivity index (χ0) is 20.8. The van der Waals surface area contributed by atoms with Gasteiger partial charge in [0.1, 0.15) is 0 Å².